The van der Waals surface area contributed by atoms with Crippen LogP contribution in [0.5, 0.6) is 17.2 Å². The fourth-order valence-electron chi connectivity index (χ4n) is 2.76. The van der Waals surface area contributed by atoms with E-state index in [1.54, 1.807) is 55.6 Å². The summed E-state index contributed by atoms with van der Waals surface area (Å²) in [7, 11) is 3.07. The summed E-state index contributed by atoms with van der Waals surface area (Å²) in [6, 6.07) is 14.0. The molecule has 1 heterocycles. The molecule has 0 bridgehead atoms. The second-order valence-corrected chi connectivity index (χ2v) is 6.05. The summed E-state index contributed by atoms with van der Waals surface area (Å²) in [5, 5.41) is -0.117. The van der Waals surface area contributed by atoms with Gasteiger partial charge in [0.1, 0.15) is 28.9 Å². The number of carbonyl (C=O) groups excluding carboxylic acids is 2. The van der Waals surface area contributed by atoms with Crippen LogP contribution in [-0.4, -0.2) is 44.1 Å². The highest BCUT2D eigenvalue weighted by molar-refractivity contribution is 6.55. The quantitative estimate of drug-likeness (QED) is 0.683. The molecule has 1 aliphatic heterocycles. The first-order chi connectivity index (χ1) is 13.1. The van der Waals surface area contributed by atoms with Gasteiger partial charge in [-0.15, -0.1) is 0 Å². The largest absolute Gasteiger partial charge is 0.497 e. The molecule has 2 amide bonds. The number of benzene rings is 2. The number of rotatable bonds is 7. The molecule has 1 aliphatic rings. The van der Waals surface area contributed by atoms with E-state index in [0.717, 1.165) is 4.90 Å². The predicted molar refractivity (Wildman–Crippen MR) is 101 cm³/mol. The first-order valence-corrected chi connectivity index (χ1v) is 8.60. The van der Waals surface area contributed by atoms with Crippen LogP contribution in [0.2, 0.25) is 0 Å². The summed E-state index contributed by atoms with van der Waals surface area (Å²) >= 11 is 6.17. The van der Waals surface area contributed by atoms with Crippen LogP contribution in [0.1, 0.15) is 5.56 Å². The third kappa shape index (κ3) is 3.75. The minimum absolute atomic E-state index is 0.0819. The van der Waals surface area contributed by atoms with Crippen LogP contribution in [0.25, 0.3) is 5.57 Å². The van der Waals surface area contributed by atoms with E-state index in [1.807, 2.05) is 0 Å². The topological polar surface area (TPSA) is 65.1 Å². The van der Waals surface area contributed by atoms with Crippen LogP contribution in [0.4, 0.5) is 0 Å². The molecular formula is C20H18ClNO5. The molecule has 0 aliphatic carbocycles. The smallest absolute Gasteiger partial charge is 0.273 e. The zero-order valence-electron chi connectivity index (χ0n) is 14.9. The third-order valence-corrected chi connectivity index (χ3v) is 4.48. The van der Waals surface area contributed by atoms with E-state index in [4.69, 9.17) is 25.8 Å². The number of nitrogens with zero attached hydrogens (tertiary/aromatic N) is 1. The van der Waals surface area contributed by atoms with Gasteiger partial charge < -0.3 is 14.2 Å². The van der Waals surface area contributed by atoms with Crippen LogP contribution < -0.4 is 14.2 Å². The van der Waals surface area contributed by atoms with Crippen LogP contribution >= 0.6 is 11.6 Å². The molecule has 0 atom stereocenters. The Bertz CT molecular complexity index is 892. The van der Waals surface area contributed by atoms with E-state index < -0.39 is 11.8 Å². The van der Waals surface area contributed by atoms with Gasteiger partial charge in [0, 0.05) is 5.56 Å². The molecule has 27 heavy (non-hydrogen) atoms. The molecule has 2 aromatic carbocycles. The van der Waals surface area contributed by atoms with E-state index in [9.17, 15) is 9.59 Å². The summed E-state index contributed by atoms with van der Waals surface area (Å²) in [6.07, 6.45) is 0. The minimum Gasteiger partial charge on any atom is -0.497 e. The lowest BCUT2D eigenvalue weighted by Gasteiger charge is -2.16. The van der Waals surface area contributed by atoms with Crippen molar-refractivity contribution in [2.24, 2.45) is 0 Å². The van der Waals surface area contributed by atoms with Crippen molar-refractivity contribution in [3.63, 3.8) is 0 Å². The second-order valence-electron chi connectivity index (χ2n) is 5.68. The number of hydrogen-bond donors (Lipinski definition) is 0. The maximum atomic E-state index is 12.8. The van der Waals surface area contributed by atoms with Crippen LogP contribution in [0.3, 0.4) is 0 Å². The van der Waals surface area contributed by atoms with Gasteiger partial charge in [-0.05, 0) is 30.3 Å². The Morgan fingerprint density at radius 1 is 0.889 bits per heavy atom. The van der Waals surface area contributed by atoms with Crippen molar-refractivity contribution in [1.29, 1.82) is 0 Å². The molecule has 7 heteroatoms. The number of para-hydroxylation sites is 1. The lowest BCUT2D eigenvalue weighted by Crippen LogP contribution is -2.35. The Kier molecular flexibility index (Phi) is 5.66. The second kappa shape index (κ2) is 8.14. The number of imide groups is 1. The summed E-state index contributed by atoms with van der Waals surface area (Å²) in [6.45, 7) is 0.228. The Hall–Kier alpha value is -2.99. The molecule has 0 N–H and O–H groups in total. The highest BCUT2D eigenvalue weighted by Gasteiger charge is 2.39. The summed E-state index contributed by atoms with van der Waals surface area (Å²) < 4.78 is 16.0. The fourth-order valence-corrected chi connectivity index (χ4v) is 3.05. The summed E-state index contributed by atoms with van der Waals surface area (Å²) in [5.74, 6) is 0.792. The van der Waals surface area contributed by atoms with Gasteiger partial charge in [-0.2, -0.15) is 0 Å². The van der Waals surface area contributed by atoms with Crippen LogP contribution in [0, 0.1) is 0 Å². The molecule has 0 saturated carbocycles. The number of methoxy groups -OCH3 is 2. The first kappa shape index (κ1) is 18.8. The molecule has 140 valence electrons. The Morgan fingerprint density at radius 2 is 1.56 bits per heavy atom. The third-order valence-electron chi connectivity index (χ3n) is 4.13. The molecular weight excluding hydrogens is 370 g/mol. The molecule has 0 unspecified atom stereocenters. The molecule has 0 aromatic heterocycles. The SMILES string of the molecule is COc1ccc(OCCN2C(=O)C(Cl)=C(c3ccccc3OC)C2=O)cc1. The zero-order valence-corrected chi connectivity index (χ0v) is 15.7. The predicted octanol–water partition coefficient (Wildman–Crippen LogP) is 3.10. The van der Waals surface area contributed by atoms with E-state index in [-0.39, 0.29) is 23.8 Å². The van der Waals surface area contributed by atoms with Crippen molar-refractivity contribution in [1.82, 2.24) is 4.90 Å². The van der Waals surface area contributed by atoms with Crippen molar-refractivity contribution < 1.29 is 23.8 Å². The maximum absolute atomic E-state index is 12.8. The van der Waals surface area contributed by atoms with Crippen molar-refractivity contribution in [3.8, 4) is 17.2 Å². The van der Waals surface area contributed by atoms with Gasteiger partial charge in [-0.1, -0.05) is 29.8 Å². The standard InChI is InChI=1S/C20H18ClNO5/c1-25-13-7-9-14(10-8-13)27-12-11-22-19(23)17(18(21)20(22)24)15-5-3-4-6-16(15)26-2/h3-10H,11-12H2,1-2H3. The first-order valence-electron chi connectivity index (χ1n) is 8.23. The van der Waals surface area contributed by atoms with Crippen molar-refractivity contribution in [3.05, 3.63) is 59.1 Å². The van der Waals surface area contributed by atoms with Gasteiger partial charge in [-0.25, -0.2) is 0 Å². The van der Waals surface area contributed by atoms with Gasteiger partial charge in [0.25, 0.3) is 11.8 Å². The van der Waals surface area contributed by atoms with E-state index >= 15 is 0 Å². The molecule has 0 radical (unpaired) electrons. The van der Waals surface area contributed by atoms with Gasteiger partial charge in [0.05, 0.1) is 26.3 Å². The molecule has 0 saturated heterocycles. The molecule has 6 nitrogen and oxygen atoms in total. The fraction of sp³-hybridized carbons (Fsp3) is 0.200. The number of halogens is 1. The highest BCUT2D eigenvalue weighted by atomic mass is 35.5. The summed E-state index contributed by atoms with van der Waals surface area (Å²) in [5.41, 5.74) is 0.630. The average Bonchev–Trinajstić information content (AvgIpc) is 2.91. The normalized spacial score (nSPS) is 14.0. The highest BCUT2D eigenvalue weighted by Crippen LogP contribution is 2.36. The van der Waals surface area contributed by atoms with Crippen molar-refractivity contribution in [2.75, 3.05) is 27.4 Å². The van der Waals surface area contributed by atoms with Crippen molar-refractivity contribution >= 4 is 29.0 Å². The van der Waals surface area contributed by atoms with Gasteiger partial charge >= 0.3 is 0 Å². The number of ether oxygens (including phenoxy) is 3. The minimum atomic E-state index is -0.541. The Balaban J connectivity index is 1.70. The molecule has 0 spiro atoms. The van der Waals surface area contributed by atoms with E-state index in [2.05, 4.69) is 0 Å². The van der Waals surface area contributed by atoms with Gasteiger partial charge in [-0.3, -0.25) is 14.5 Å². The number of hydrogen-bond acceptors (Lipinski definition) is 5. The van der Waals surface area contributed by atoms with Crippen molar-refractivity contribution in [2.45, 2.75) is 0 Å². The molecule has 2 aromatic rings. The van der Waals surface area contributed by atoms with Crippen LogP contribution in [0.15, 0.2) is 53.6 Å². The lowest BCUT2D eigenvalue weighted by molar-refractivity contribution is -0.137. The maximum Gasteiger partial charge on any atom is 0.273 e. The molecule has 3 rings (SSSR count). The molecule has 0 fully saturated rings. The zero-order chi connectivity index (χ0) is 19.4. The Morgan fingerprint density at radius 3 is 2.22 bits per heavy atom. The van der Waals surface area contributed by atoms with Gasteiger partial charge in [0.2, 0.25) is 0 Å². The number of amides is 2. The van der Waals surface area contributed by atoms with Gasteiger partial charge in [0.15, 0.2) is 0 Å². The van der Waals surface area contributed by atoms with E-state index in [1.165, 1.54) is 7.11 Å². The summed E-state index contributed by atoms with van der Waals surface area (Å²) in [4.78, 5) is 26.3. The monoisotopic (exact) mass is 387 g/mol. The average molecular weight is 388 g/mol. The Labute approximate surface area is 161 Å². The number of carbonyl (C=O) groups is 2. The van der Waals surface area contributed by atoms with E-state index in [0.29, 0.717) is 22.8 Å². The van der Waals surface area contributed by atoms with Crippen LogP contribution in [-0.2, 0) is 9.59 Å². The lowest BCUT2D eigenvalue weighted by atomic mass is 10.1.